The van der Waals surface area contributed by atoms with Crippen LogP contribution >= 0.6 is 0 Å². The Morgan fingerprint density at radius 2 is 2.11 bits per heavy atom. The molecule has 1 N–H and O–H groups in total. The first-order valence-corrected chi connectivity index (χ1v) is 6.32. The number of carbonyl (C=O) groups excluding carboxylic acids is 2. The molecule has 0 unspecified atom stereocenters. The molecule has 2 saturated heterocycles. The number of benzene rings is 1. The monoisotopic (exact) mass is 260 g/mol. The summed E-state index contributed by atoms with van der Waals surface area (Å²) >= 11 is 0. The van der Waals surface area contributed by atoms with Crippen LogP contribution in [-0.4, -0.2) is 42.5 Å². The minimum absolute atomic E-state index is 0.220. The van der Waals surface area contributed by atoms with Crippen LogP contribution in [0.1, 0.15) is 5.56 Å². The number of rotatable bonds is 3. The van der Waals surface area contributed by atoms with Crippen molar-refractivity contribution in [1.82, 2.24) is 10.2 Å². The molecule has 19 heavy (non-hydrogen) atoms. The lowest BCUT2D eigenvalue weighted by Crippen LogP contribution is -2.46. The minimum Gasteiger partial charge on any atom is -0.366 e. The van der Waals surface area contributed by atoms with Crippen molar-refractivity contribution in [2.45, 2.75) is 12.1 Å². The van der Waals surface area contributed by atoms with Crippen LogP contribution in [0.25, 0.3) is 0 Å². The highest BCUT2D eigenvalue weighted by molar-refractivity contribution is 6.10. The fourth-order valence-corrected chi connectivity index (χ4v) is 3.00. The van der Waals surface area contributed by atoms with E-state index in [0.717, 1.165) is 6.54 Å². The molecule has 3 rings (SSSR count). The Hall–Kier alpha value is -1.72. The Labute approximate surface area is 111 Å². The van der Waals surface area contributed by atoms with E-state index in [4.69, 9.17) is 4.74 Å². The lowest BCUT2D eigenvalue weighted by atomic mass is 9.93. The predicted octanol–water partition coefficient (Wildman–Crippen LogP) is 0.160. The Kier molecular flexibility index (Phi) is 2.88. The first-order valence-electron chi connectivity index (χ1n) is 6.32. The summed E-state index contributed by atoms with van der Waals surface area (Å²) in [5.41, 5.74) is 0.174. The number of carbonyl (C=O) groups is 2. The number of hydrogen-bond donors (Lipinski definition) is 1. The Bertz CT molecular complexity index is 517. The summed E-state index contributed by atoms with van der Waals surface area (Å²) < 4.78 is 5.40. The lowest BCUT2D eigenvalue weighted by molar-refractivity contribution is -0.139. The van der Waals surface area contributed by atoms with Crippen LogP contribution in [0, 0.1) is 5.92 Å². The fraction of sp³-hybridized carbons (Fsp3) is 0.429. The zero-order chi connectivity index (χ0) is 13.5. The second-order valence-corrected chi connectivity index (χ2v) is 5.12. The van der Waals surface area contributed by atoms with Crippen LogP contribution < -0.4 is 5.32 Å². The van der Waals surface area contributed by atoms with Gasteiger partial charge in [-0.3, -0.25) is 19.8 Å². The summed E-state index contributed by atoms with van der Waals surface area (Å²) in [5.74, 6) is -0.920. The zero-order valence-corrected chi connectivity index (χ0v) is 10.8. The Balaban J connectivity index is 1.79. The molecule has 2 atom stereocenters. The van der Waals surface area contributed by atoms with Gasteiger partial charge in [-0.05, 0) is 5.56 Å². The maximum atomic E-state index is 11.9. The molecule has 2 aliphatic heterocycles. The summed E-state index contributed by atoms with van der Waals surface area (Å²) in [6.45, 7) is 1.74. The van der Waals surface area contributed by atoms with Crippen LogP contribution in [0.2, 0.25) is 0 Å². The largest absolute Gasteiger partial charge is 0.366 e. The molecule has 5 heteroatoms. The molecule has 0 bridgehead atoms. The minimum atomic E-state index is -0.994. The van der Waals surface area contributed by atoms with Crippen molar-refractivity contribution in [2.24, 2.45) is 5.92 Å². The SMILES string of the molecule is CO[C@@]12CN(Cc3ccccc3)C[C@@H]1C(=O)NC2=O. The van der Waals surface area contributed by atoms with Crippen LogP contribution in [0.5, 0.6) is 0 Å². The predicted molar refractivity (Wildman–Crippen MR) is 68.1 cm³/mol. The first kappa shape index (κ1) is 12.3. The van der Waals surface area contributed by atoms with Crippen LogP contribution in [-0.2, 0) is 20.9 Å². The molecule has 1 aromatic carbocycles. The van der Waals surface area contributed by atoms with Gasteiger partial charge in [-0.15, -0.1) is 0 Å². The van der Waals surface area contributed by atoms with Gasteiger partial charge in [-0.25, -0.2) is 0 Å². The number of amides is 2. The summed E-state index contributed by atoms with van der Waals surface area (Å²) in [4.78, 5) is 25.8. The molecule has 0 aromatic heterocycles. The molecular weight excluding hydrogens is 244 g/mol. The van der Waals surface area contributed by atoms with Crippen molar-refractivity contribution in [3.8, 4) is 0 Å². The Morgan fingerprint density at radius 1 is 1.37 bits per heavy atom. The molecule has 2 aliphatic rings. The van der Waals surface area contributed by atoms with Crippen molar-refractivity contribution in [1.29, 1.82) is 0 Å². The molecule has 2 fully saturated rings. The number of fused-ring (bicyclic) bond motifs is 1. The third-order valence-electron chi connectivity index (χ3n) is 4.01. The first-order chi connectivity index (χ1) is 9.15. The quantitative estimate of drug-likeness (QED) is 0.787. The molecule has 0 spiro atoms. The van der Waals surface area contributed by atoms with Gasteiger partial charge in [0.25, 0.3) is 5.91 Å². The average Bonchev–Trinajstić information content (AvgIpc) is 2.89. The fourth-order valence-electron chi connectivity index (χ4n) is 3.00. The van der Waals surface area contributed by atoms with Crippen molar-refractivity contribution in [3.05, 3.63) is 35.9 Å². The zero-order valence-electron chi connectivity index (χ0n) is 10.8. The highest BCUT2D eigenvalue weighted by Crippen LogP contribution is 2.36. The van der Waals surface area contributed by atoms with E-state index in [-0.39, 0.29) is 11.8 Å². The summed E-state index contributed by atoms with van der Waals surface area (Å²) in [6, 6.07) is 10.0. The molecule has 0 aliphatic carbocycles. The van der Waals surface area contributed by atoms with Gasteiger partial charge in [0.05, 0.1) is 5.92 Å². The van der Waals surface area contributed by atoms with Crippen molar-refractivity contribution >= 4 is 11.8 Å². The van der Waals surface area contributed by atoms with Gasteiger partial charge in [0.15, 0.2) is 5.60 Å². The number of nitrogens with zero attached hydrogens (tertiary/aromatic N) is 1. The number of imide groups is 1. The van der Waals surface area contributed by atoms with Gasteiger partial charge in [-0.2, -0.15) is 0 Å². The molecule has 2 heterocycles. The van der Waals surface area contributed by atoms with Crippen molar-refractivity contribution in [2.75, 3.05) is 20.2 Å². The summed E-state index contributed by atoms with van der Waals surface area (Å²) in [7, 11) is 1.50. The van der Waals surface area contributed by atoms with Gasteiger partial charge in [0, 0.05) is 26.7 Å². The smallest absolute Gasteiger partial charge is 0.261 e. The van der Waals surface area contributed by atoms with E-state index in [1.807, 2.05) is 30.3 Å². The van der Waals surface area contributed by atoms with Crippen molar-refractivity contribution in [3.63, 3.8) is 0 Å². The number of ether oxygens (including phenoxy) is 1. The number of hydrogen-bond acceptors (Lipinski definition) is 4. The van der Waals surface area contributed by atoms with Gasteiger partial charge >= 0.3 is 0 Å². The number of nitrogens with one attached hydrogen (secondary N) is 1. The van der Waals surface area contributed by atoms with E-state index in [1.165, 1.54) is 12.7 Å². The van der Waals surface area contributed by atoms with Crippen LogP contribution in [0.3, 0.4) is 0 Å². The van der Waals surface area contributed by atoms with Crippen molar-refractivity contribution < 1.29 is 14.3 Å². The molecule has 1 aromatic rings. The third-order valence-corrected chi connectivity index (χ3v) is 4.01. The van der Waals surface area contributed by atoms with E-state index in [1.54, 1.807) is 0 Å². The Morgan fingerprint density at radius 3 is 2.74 bits per heavy atom. The molecule has 0 radical (unpaired) electrons. The lowest BCUT2D eigenvalue weighted by Gasteiger charge is -2.23. The highest BCUT2D eigenvalue weighted by atomic mass is 16.5. The van der Waals surface area contributed by atoms with Gasteiger partial charge in [0.2, 0.25) is 5.91 Å². The maximum Gasteiger partial charge on any atom is 0.261 e. The second-order valence-electron chi connectivity index (χ2n) is 5.12. The van der Waals surface area contributed by atoms with Gasteiger partial charge < -0.3 is 4.74 Å². The van der Waals surface area contributed by atoms with E-state index >= 15 is 0 Å². The molecule has 0 saturated carbocycles. The summed E-state index contributed by atoms with van der Waals surface area (Å²) in [5, 5.41) is 2.37. The molecule has 2 amide bonds. The maximum absolute atomic E-state index is 11.9. The summed E-state index contributed by atoms with van der Waals surface area (Å²) in [6.07, 6.45) is 0. The van der Waals surface area contributed by atoms with E-state index < -0.39 is 11.5 Å². The van der Waals surface area contributed by atoms with E-state index in [9.17, 15) is 9.59 Å². The number of methoxy groups -OCH3 is 1. The van der Waals surface area contributed by atoms with Gasteiger partial charge in [0.1, 0.15) is 0 Å². The molecule has 5 nitrogen and oxygen atoms in total. The standard InChI is InChI=1S/C14H16N2O3/c1-19-14-9-16(7-10-5-3-2-4-6-10)8-11(14)12(17)15-13(14)18/h2-6,11H,7-9H2,1H3,(H,15,17,18)/t11-,14+/m1/s1. The average molecular weight is 260 g/mol. The van der Waals surface area contributed by atoms with E-state index in [2.05, 4.69) is 10.2 Å². The molecule has 100 valence electrons. The van der Waals surface area contributed by atoms with Crippen LogP contribution in [0.15, 0.2) is 30.3 Å². The van der Waals surface area contributed by atoms with Crippen LogP contribution in [0.4, 0.5) is 0 Å². The topological polar surface area (TPSA) is 58.6 Å². The normalized spacial score (nSPS) is 30.5. The third kappa shape index (κ3) is 1.86. The van der Waals surface area contributed by atoms with E-state index in [0.29, 0.717) is 13.1 Å². The highest BCUT2D eigenvalue weighted by Gasteiger charge is 2.60. The second kappa shape index (κ2) is 4.43. The number of likely N-dealkylation sites (tertiary alicyclic amines) is 1. The molecular formula is C14H16N2O3. The van der Waals surface area contributed by atoms with Gasteiger partial charge in [-0.1, -0.05) is 30.3 Å².